The SMILES string of the molecule is CNc1ccc(Br)c(CO)c1N. The first-order valence-electron chi connectivity index (χ1n) is 3.56. The molecule has 0 spiro atoms. The van der Waals surface area contributed by atoms with Gasteiger partial charge in [-0.25, -0.2) is 0 Å². The van der Waals surface area contributed by atoms with Crippen LogP contribution < -0.4 is 11.1 Å². The highest BCUT2D eigenvalue weighted by molar-refractivity contribution is 9.10. The lowest BCUT2D eigenvalue weighted by atomic mass is 10.1. The van der Waals surface area contributed by atoms with Crippen LogP contribution in [0.25, 0.3) is 0 Å². The molecule has 0 amide bonds. The monoisotopic (exact) mass is 230 g/mol. The van der Waals surface area contributed by atoms with Crippen molar-refractivity contribution in [3.63, 3.8) is 0 Å². The van der Waals surface area contributed by atoms with Crippen LogP contribution in [0.4, 0.5) is 11.4 Å². The Hall–Kier alpha value is -0.740. The summed E-state index contributed by atoms with van der Waals surface area (Å²) in [6.07, 6.45) is 0. The molecule has 0 unspecified atom stereocenters. The summed E-state index contributed by atoms with van der Waals surface area (Å²) in [7, 11) is 1.79. The maximum Gasteiger partial charge on any atom is 0.0713 e. The van der Waals surface area contributed by atoms with Gasteiger partial charge in [0.15, 0.2) is 0 Å². The van der Waals surface area contributed by atoms with Crippen molar-refractivity contribution in [3.8, 4) is 0 Å². The highest BCUT2D eigenvalue weighted by Gasteiger charge is 2.06. The fourth-order valence-electron chi connectivity index (χ4n) is 1.02. The summed E-state index contributed by atoms with van der Waals surface area (Å²) in [5.74, 6) is 0. The van der Waals surface area contributed by atoms with Crippen LogP contribution >= 0.6 is 15.9 Å². The van der Waals surface area contributed by atoms with Gasteiger partial charge in [0, 0.05) is 17.1 Å². The van der Waals surface area contributed by atoms with Gasteiger partial charge in [0.2, 0.25) is 0 Å². The Bertz CT molecular complexity index is 289. The van der Waals surface area contributed by atoms with Gasteiger partial charge in [-0.3, -0.25) is 0 Å². The largest absolute Gasteiger partial charge is 0.397 e. The number of benzene rings is 1. The van der Waals surface area contributed by atoms with Crippen LogP contribution in [0.5, 0.6) is 0 Å². The molecule has 1 aromatic carbocycles. The van der Waals surface area contributed by atoms with Crippen molar-refractivity contribution in [1.29, 1.82) is 0 Å². The third-order valence-electron chi connectivity index (χ3n) is 1.73. The van der Waals surface area contributed by atoms with Gasteiger partial charge in [-0.05, 0) is 12.1 Å². The predicted octanol–water partition coefficient (Wildman–Crippen LogP) is 1.57. The normalized spacial score (nSPS) is 9.92. The third kappa shape index (κ3) is 1.54. The summed E-state index contributed by atoms with van der Waals surface area (Å²) in [6, 6.07) is 3.71. The minimum Gasteiger partial charge on any atom is -0.397 e. The maximum absolute atomic E-state index is 8.98. The number of aliphatic hydroxyl groups is 1. The van der Waals surface area contributed by atoms with Crippen molar-refractivity contribution < 1.29 is 5.11 Å². The quantitative estimate of drug-likeness (QED) is 0.677. The van der Waals surface area contributed by atoms with E-state index in [1.807, 2.05) is 12.1 Å². The Morgan fingerprint density at radius 2 is 2.25 bits per heavy atom. The van der Waals surface area contributed by atoms with Crippen LogP contribution in [-0.2, 0) is 6.61 Å². The Balaban J connectivity index is 3.24. The molecule has 0 heterocycles. The maximum atomic E-state index is 8.98. The van der Waals surface area contributed by atoms with Crippen molar-refractivity contribution in [1.82, 2.24) is 0 Å². The summed E-state index contributed by atoms with van der Waals surface area (Å²) in [5.41, 5.74) is 7.90. The molecule has 0 aliphatic heterocycles. The molecule has 1 aromatic rings. The summed E-state index contributed by atoms with van der Waals surface area (Å²) < 4.78 is 0.835. The second-order valence-electron chi connectivity index (χ2n) is 2.40. The van der Waals surface area contributed by atoms with Gasteiger partial charge in [-0.2, -0.15) is 0 Å². The van der Waals surface area contributed by atoms with Crippen LogP contribution in [0.2, 0.25) is 0 Å². The highest BCUT2D eigenvalue weighted by atomic mass is 79.9. The lowest BCUT2D eigenvalue weighted by Gasteiger charge is -2.10. The lowest BCUT2D eigenvalue weighted by molar-refractivity contribution is 0.282. The van der Waals surface area contributed by atoms with Gasteiger partial charge in [-0.1, -0.05) is 15.9 Å². The topological polar surface area (TPSA) is 58.3 Å². The number of anilines is 2. The van der Waals surface area contributed by atoms with E-state index < -0.39 is 0 Å². The molecule has 12 heavy (non-hydrogen) atoms. The fraction of sp³-hybridized carbons (Fsp3) is 0.250. The lowest BCUT2D eigenvalue weighted by Crippen LogP contribution is -2.01. The average molecular weight is 231 g/mol. The standard InChI is InChI=1S/C8H11BrN2O/c1-11-7-3-2-6(9)5(4-12)8(7)10/h2-3,11-12H,4,10H2,1H3. The van der Waals surface area contributed by atoms with Gasteiger partial charge >= 0.3 is 0 Å². The van der Waals surface area contributed by atoms with Crippen molar-refractivity contribution in [2.75, 3.05) is 18.1 Å². The number of halogens is 1. The zero-order chi connectivity index (χ0) is 9.14. The smallest absolute Gasteiger partial charge is 0.0713 e. The van der Waals surface area contributed by atoms with Crippen LogP contribution in [0.3, 0.4) is 0 Å². The summed E-state index contributed by atoms with van der Waals surface area (Å²) in [4.78, 5) is 0. The van der Waals surface area contributed by atoms with E-state index in [4.69, 9.17) is 10.8 Å². The van der Waals surface area contributed by atoms with E-state index in [9.17, 15) is 0 Å². The van der Waals surface area contributed by atoms with Crippen molar-refractivity contribution in [2.45, 2.75) is 6.61 Å². The Kier molecular flexibility index (Phi) is 2.94. The molecule has 0 saturated heterocycles. The molecule has 0 radical (unpaired) electrons. The van der Waals surface area contributed by atoms with E-state index in [0.29, 0.717) is 5.69 Å². The average Bonchev–Trinajstić information content (AvgIpc) is 2.06. The summed E-state index contributed by atoms with van der Waals surface area (Å²) >= 11 is 3.30. The van der Waals surface area contributed by atoms with Crippen LogP contribution in [-0.4, -0.2) is 12.2 Å². The van der Waals surface area contributed by atoms with Crippen molar-refractivity contribution in [2.24, 2.45) is 0 Å². The molecule has 4 N–H and O–H groups in total. The molecule has 0 atom stereocenters. The zero-order valence-electron chi connectivity index (χ0n) is 6.76. The van der Waals surface area contributed by atoms with Gasteiger partial charge in [0.25, 0.3) is 0 Å². The first-order chi connectivity index (χ1) is 5.70. The number of hydrogen-bond donors (Lipinski definition) is 3. The molecule has 0 bridgehead atoms. The molecule has 3 nitrogen and oxygen atoms in total. The zero-order valence-corrected chi connectivity index (χ0v) is 8.35. The van der Waals surface area contributed by atoms with Crippen LogP contribution in [0, 0.1) is 0 Å². The van der Waals surface area contributed by atoms with Crippen molar-refractivity contribution >= 4 is 27.3 Å². The van der Waals surface area contributed by atoms with E-state index in [1.165, 1.54) is 0 Å². The molecule has 0 aliphatic carbocycles. The minimum atomic E-state index is -0.0536. The van der Waals surface area contributed by atoms with E-state index in [-0.39, 0.29) is 6.61 Å². The number of nitrogens with two attached hydrogens (primary N) is 1. The molecular weight excluding hydrogens is 220 g/mol. The first kappa shape index (κ1) is 9.35. The number of aliphatic hydroxyl groups excluding tert-OH is 1. The molecule has 4 heteroatoms. The first-order valence-corrected chi connectivity index (χ1v) is 4.35. The Morgan fingerprint density at radius 3 is 2.75 bits per heavy atom. The highest BCUT2D eigenvalue weighted by Crippen LogP contribution is 2.29. The van der Waals surface area contributed by atoms with E-state index in [2.05, 4.69) is 21.2 Å². The molecule has 0 fully saturated rings. The van der Waals surface area contributed by atoms with Gasteiger partial charge in [0.1, 0.15) is 0 Å². The number of rotatable bonds is 2. The molecule has 0 aliphatic rings. The van der Waals surface area contributed by atoms with E-state index in [0.717, 1.165) is 15.7 Å². The predicted molar refractivity (Wildman–Crippen MR) is 54.0 cm³/mol. The second-order valence-corrected chi connectivity index (χ2v) is 3.25. The van der Waals surface area contributed by atoms with Crippen LogP contribution in [0.1, 0.15) is 5.56 Å². The van der Waals surface area contributed by atoms with E-state index >= 15 is 0 Å². The number of nitrogen functional groups attached to an aromatic ring is 1. The molecule has 0 saturated carbocycles. The Morgan fingerprint density at radius 1 is 1.58 bits per heavy atom. The number of nitrogens with one attached hydrogen (secondary N) is 1. The molecule has 0 aromatic heterocycles. The third-order valence-corrected chi connectivity index (χ3v) is 2.47. The molecule has 66 valence electrons. The van der Waals surface area contributed by atoms with E-state index in [1.54, 1.807) is 7.05 Å². The Labute approximate surface area is 79.7 Å². The molecular formula is C8H11BrN2O. The summed E-state index contributed by atoms with van der Waals surface area (Å²) in [6.45, 7) is -0.0536. The van der Waals surface area contributed by atoms with Crippen LogP contribution in [0.15, 0.2) is 16.6 Å². The van der Waals surface area contributed by atoms with Gasteiger partial charge < -0.3 is 16.2 Å². The van der Waals surface area contributed by atoms with Crippen molar-refractivity contribution in [3.05, 3.63) is 22.2 Å². The van der Waals surface area contributed by atoms with Gasteiger partial charge in [-0.15, -0.1) is 0 Å². The second kappa shape index (κ2) is 3.78. The van der Waals surface area contributed by atoms with Gasteiger partial charge in [0.05, 0.1) is 18.0 Å². The summed E-state index contributed by atoms with van der Waals surface area (Å²) in [5, 5.41) is 11.9. The molecule has 1 rings (SSSR count). The number of hydrogen-bond acceptors (Lipinski definition) is 3. The minimum absolute atomic E-state index is 0.0536. The fourth-order valence-corrected chi connectivity index (χ4v) is 1.49.